The van der Waals surface area contributed by atoms with Gasteiger partial charge >= 0.3 is 0 Å². The van der Waals surface area contributed by atoms with Gasteiger partial charge in [-0.05, 0) is 12.1 Å². The number of primary amides is 1. The fourth-order valence-corrected chi connectivity index (χ4v) is 1.47. The lowest BCUT2D eigenvalue weighted by molar-refractivity contribution is -0.125. The van der Waals surface area contributed by atoms with E-state index in [1.165, 1.54) is 12.1 Å². The molecule has 0 fully saturated rings. The minimum Gasteiger partial charge on any atom is -0.397 e. The van der Waals surface area contributed by atoms with Gasteiger partial charge in [0.2, 0.25) is 5.91 Å². The highest BCUT2D eigenvalue weighted by molar-refractivity contribution is 6.43. The number of nitrogen functional groups attached to an aromatic ring is 1. The highest BCUT2D eigenvalue weighted by Gasteiger charge is 2.15. The van der Waals surface area contributed by atoms with Gasteiger partial charge < -0.3 is 21.9 Å². The summed E-state index contributed by atoms with van der Waals surface area (Å²) in [5, 5.41) is 11.7. The molecule has 1 atom stereocenters. The van der Waals surface area contributed by atoms with Crippen LogP contribution in [0.4, 0.5) is 5.69 Å². The second-order valence-corrected chi connectivity index (χ2v) is 4.27. The number of carbonyl (C=O) groups is 2. The SMILES string of the molecule is NC(=O)C(O)CNC(=O)c1cc(N)c(Cl)c(Cl)c1. The summed E-state index contributed by atoms with van der Waals surface area (Å²) in [7, 11) is 0. The Morgan fingerprint density at radius 3 is 2.50 bits per heavy atom. The zero-order valence-corrected chi connectivity index (χ0v) is 10.6. The number of hydrogen-bond donors (Lipinski definition) is 4. The molecule has 0 radical (unpaired) electrons. The maximum atomic E-state index is 11.7. The number of aliphatic hydroxyl groups is 1. The molecule has 6 nitrogen and oxygen atoms in total. The van der Waals surface area contributed by atoms with Crippen LogP contribution < -0.4 is 16.8 Å². The molecule has 2 amide bonds. The molecule has 0 aromatic heterocycles. The zero-order chi connectivity index (χ0) is 13.9. The van der Waals surface area contributed by atoms with Crippen molar-refractivity contribution in [2.75, 3.05) is 12.3 Å². The van der Waals surface area contributed by atoms with Gasteiger partial charge in [0, 0.05) is 5.56 Å². The van der Waals surface area contributed by atoms with E-state index < -0.39 is 17.9 Å². The second-order valence-electron chi connectivity index (χ2n) is 3.49. The van der Waals surface area contributed by atoms with Crippen LogP contribution in [0.3, 0.4) is 0 Å². The third kappa shape index (κ3) is 3.49. The van der Waals surface area contributed by atoms with Crippen molar-refractivity contribution in [2.24, 2.45) is 5.73 Å². The predicted molar refractivity (Wildman–Crippen MR) is 68.4 cm³/mol. The second kappa shape index (κ2) is 5.90. The summed E-state index contributed by atoms with van der Waals surface area (Å²) in [5.74, 6) is -1.48. The van der Waals surface area contributed by atoms with E-state index in [4.69, 9.17) is 39.8 Å². The van der Waals surface area contributed by atoms with Crippen molar-refractivity contribution in [3.63, 3.8) is 0 Å². The lowest BCUT2D eigenvalue weighted by atomic mass is 10.2. The highest BCUT2D eigenvalue weighted by Crippen LogP contribution is 2.29. The maximum Gasteiger partial charge on any atom is 0.251 e. The van der Waals surface area contributed by atoms with Gasteiger partial charge in [0.05, 0.1) is 22.3 Å². The molecule has 0 saturated carbocycles. The van der Waals surface area contributed by atoms with Crippen LogP contribution in [0.25, 0.3) is 0 Å². The van der Waals surface area contributed by atoms with Crippen molar-refractivity contribution < 1.29 is 14.7 Å². The first-order valence-corrected chi connectivity index (χ1v) is 5.58. The average Bonchev–Trinajstić information content (AvgIpc) is 2.31. The fourth-order valence-electron chi connectivity index (χ4n) is 1.13. The summed E-state index contributed by atoms with van der Waals surface area (Å²) in [6.45, 7) is -0.297. The lowest BCUT2D eigenvalue weighted by Gasteiger charge is -2.10. The minimum absolute atomic E-state index is 0.136. The number of nitrogens with two attached hydrogens (primary N) is 2. The normalized spacial score (nSPS) is 11.9. The fraction of sp³-hybridized carbons (Fsp3) is 0.200. The Hall–Kier alpha value is -1.50. The first-order valence-electron chi connectivity index (χ1n) is 4.83. The molecule has 1 rings (SSSR count). The molecule has 0 aliphatic heterocycles. The Morgan fingerprint density at radius 2 is 2.00 bits per heavy atom. The van der Waals surface area contributed by atoms with E-state index in [0.717, 1.165) is 0 Å². The molecule has 0 bridgehead atoms. The smallest absolute Gasteiger partial charge is 0.251 e. The van der Waals surface area contributed by atoms with Crippen LogP contribution in [0.15, 0.2) is 12.1 Å². The quantitative estimate of drug-likeness (QED) is 0.591. The van der Waals surface area contributed by atoms with E-state index in [1.807, 2.05) is 0 Å². The number of halogens is 2. The van der Waals surface area contributed by atoms with Crippen LogP contribution in [-0.4, -0.2) is 29.6 Å². The number of rotatable bonds is 4. The minimum atomic E-state index is -1.45. The van der Waals surface area contributed by atoms with Gasteiger partial charge in [-0.3, -0.25) is 9.59 Å². The number of aliphatic hydroxyl groups excluding tert-OH is 1. The van der Waals surface area contributed by atoms with Crippen molar-refractivity contribution in [1.29, 1.82) is 0 Å². The highest BCUT2D eigenvalue weighted by atomic mass is 35.5. The third-order valence-electron chi connectivity index (χ3n) is 2.10. The monoisotopic (exact) mass is 291 g/mol. The van der Waals surface area contributed by atoms with E-state index in [-0.39, 0.29) is 27.8 Å². The summed E-state index contributed by atoms with van der Waals surface area (Å²) < 4.78 is 0. The molecule has 98 valence electrons. The molecule has 0 saturated heterocycles. The standard InChI is InChI=1S/C10H11Cl2N3O3/c11-5-1-4(2-6(13)8(5)12)10(18)15-3-7(16)9(14)17/h1-2,7,16H,3,13H2,(H2,14,17)(H,15,18). The van der Waals surface area contributed by atoms with Crippen molar-refractivity contribution in [3.8, 4) is 0 Å². The van der Waals surface area contributed by atoms with Gasteiger partial charge in [0.25, 0.3) is 5.91 Å². The summed E-state index contributed by atoms with van der Waals surface area (Å²) in [4.78, 5) is 22.2. The summed E-state index contributed by atoms with van der Waals surface area (Å²) >= 11 is 11.5. The Morgan fingerprint density at radius 1 is 1.39 bits per heavy atom. The average molecular weight is 292 g/mol. The van der Waals surface area contributed by atoms with Gasteiger partial charge in [0.15, 0.2) is 0 Å². The molecule has 1 aromatic rings. The van der Waals surface area contributed by atoms with Crippen LogP contribution in [0.5, 0.6) is 0 Å². The number of amides is 2. The Balaban J connectivity index is 2.76. The van der Waals surface area contributed by atoms with E-state index in [9.17, 15) is 9.59 Å². The van der Waals surface area contributed by atoms with E-state index in [0.29, 0.717) is 0 Å². The number of benzene rings is 1. The van der Waals surface area contributed by atoms with E-state index in [1.54, 1.807) is 0 Å². The predicted octanol–water partition coefficient (Wildman–Crippen LogP) is 0.152. The summed E-state index contributed by atoms with van der Waals surface area (Å²) in [5.41, 5.74) is 10.7. The van der Waals surface area contributed by atoms with Crippen LogP contribution in [0.2, 0.25) is 10.0 Å². The number of anilines is 1. The first-order chi connectivity index (χ1) is 8.32. The van der Waals surface area contributed by atoms with Gasteiger partial charge in [0.1, 0.15) is 6.10 Å². The molecule has 18 heavy (non-hydrogen) atoms. The van der Waals surface area contributed by atoms with Crippen LogP contribution in [-0.2, 0) is 4.79 Å². The van der Waals surface area contributed by atoms with Crippen molar-refractivity contribution in [2.45, 2.75) is 6.10 Å². The molecular weight excluding hydrogens is 281 g/mol. The molecule has 1 unspecified atom stereocenters. The zero-order valence-electron chi connectivity index (χ0n) is 9.11. The van der Waals surface area contributed by atoms with Gasteiger partial charge in [-0.25, -0.2) is 0 Å². The van der Waals surface area contributed by atoms with Crippen LogP contribution >= 0.6 is 23.2 Å². The molecule has 0 aliphatic rings. The topological polar surface area (TPSA) is 118 Å². The Labute approximate surface area is 113 Å². The number of hydrogen-bond acceptors (Lipinski definition) is 4. The number of carbonyl (C=O) groups excluding carboxylic acids is 2. The molecule has 0 spiro atoms. The molecule has 1 aromatic carbocycles. The summed E-state index contributed by atoms with van der Waals surface area (Å²) in [6, 6.07) is 2.66. The van der Waals surface area contributed by atoms with Gasteiger partial charge in [-0.2, -0.15) is 0 Å². The largest absolute Gasteiger partial charge is 0.397 e. The molecule has 0 heterocycles. The third-order valence-corrected chi connectivity index (χ3v) is 2.92. The van der Waals surface area contributed by atoms with Crippen LogP contribution in [0, 0.1) is 0 Å². The number of nitrogens with one attached hydrogen (secondary N) is 1. The molecule has 8 heteroatoms. The first kappa shape index (κ1) is 14.6. The molecule has 0 aliphatic carbocycles. The van der Waals surface area contributed by atoms with Crippen molar-refractivity contribution in [3.05, 3.63) is 27.7 Å². The van der Waals surface area contributed by atoms with E-state index >= 15 is 0 Å². The molecule has 6 N–H and O–H groups in total. The Kier molecular flexibility index (Phi) is 4.77. The van der Waals surface area contributed by atoms with Crippen LogP contribution in [0.1, 0.15) is 10.4 Å². The van der Waals surface area contributed by atoms with Gasteiger partial charge in [-0.1, -0.05) is 23.2 Å². The maximum absolute atomic E-state index is 11.7. The van der Waals surface area contributed by atoms with Gasteiger partial charge in [-0.15, -0.1) is 0 Å². The summed E-state index contributed by atoms with van der Waals surface area (Å²) in [6.07, 6.45) is -1.45. The Bertz CT molecular complexity index is 470. The molecular formula is C10H11Cl2N3O3. The van der Waals surface area contributed by atoms with Crippen molar-refractivity contribution >= 4 is 40.7 Å². The van der Waals surface area contributed by atoms with Crippen molar-refractivity contribution in [1.82, 2.24) is 5.32 Å². The van der Waals surface area contributed by atoms with E-state index in [2.05, 4.69) is 5.32 Å². The lowest BCUT2D eigenvalue weighted by Crippen LogP contribution is -2.40.